The number of benzene rings is 1. The number of sulfonamides is 1. The summed E-state index contributed by atoms with van der Waals surface area (Å²) in [6.45, 7) is 0.143. The Morgan fingerprint density at radius 3 is 2.55 bits per heavy atom. The van der Waals surface area contributed by atoms with Crippen LogP contribution in [0, 0.1) is 5.92 Å². The van der Waals surface area contributed by atoms with E-state index >= 15 is 0 Å². The molecule has 0 radical (unpaired) electrons. The van der Waals surface area contributed by atoms with Gasteiger partial charge in [-0.1, -0.05) is 15.9 Å². The van der Waals surface area contributed by atoms with Crippen molar-refractivity contribution in [2.45, 2.75) is 11.3 Å². The number of halogens is 2. The molecule has 5 nitrogen and oxygen atoms in total. The molecule has 1 aliphatic rings. The Kier molecular flexibility index (Phi) is 4.95. The molecule has 1 atom stereocenters. The largest absolute Gasteiger partial charge is 0.241 e. The minimum atomic E-state index is -3.64. The summed E-state index contributed by atoms with van der Waals surface area (Å²) in [5.74, 6) is 0.0438. The first-order valence-corrected chi connectivity index (χ1v) is 10.7. The van der Waals surface area contributed by atoms with Gasteiger partial charge in [-0.2, -0.15) is 0 Å². The molecule has 0 aromatic heterocycles. The van der Waals surface area contributed by atoms with Crippen molar-refractivity contribution in [3.8, 4) is 0 Å². The Morgan fingerprint density at radius 1 is 1.30 bits per heavy atom. The van der Waals surface area contributed by atoms with Gasteiger partial charge in [0.15, 0.2) is 9.84 Å². The molecule has 9 heteroatoms. The van der Waals surface area contributed by atoms with Crippen LogP contribution in [-0.4, -0.2) is 34.9 Å². The first kappa shape index (κ1) is 16.4. The highest BCUT2D eigenvalue weighted by molar-refractivity contribution is 9.11. The van der Waals surface area contributed by atoms with Crippen LogP contribution >= 0.6 is 31.9 Å². The maximum atomic E-state index is 12.2. The predicted molar refractivity (Wildman–Crippen MR) is 83.8 cm³/mol. The number of hydrogen-bond donors (Lipinski definition) is 1. The molecule has 1 N–H and O–H groups in total. The van der Waals surface area contributed by atoms with E-state index in [2.05, 4.69) is 36.6 Å². The van der Waals surface area contributed by atoms with E-state index in [9.17, 15) is 16.8 Å². The van der Waals surface area contributed by atoms with Crippen molar-refractivity contribution in [1.82, 2.24) is 4.72 Å². The molecule has 1 fully saturated rings. The molecule has 1 aromatic rings. The minimum Gasteiger partial charge on any atom is -0.229 e. The second kappa shape index (κ2) is 6.04. The second-order valence-corrected chi connectivity index (χ2v) is 10.4. The summed E-state index contributed by atoms with van der Waals surface area (Å²) in [6.07, 6.45) is 0.506. The van der Waals surface area contributed by atoms with Crippen molar-refractivity contribution >= 4 is 51.7 Å². The SMILES string of the molecule is O=S1(=O)CC[C@H](CNS(=O)(=O)c2ccc(Br)cc2Br)C1. The van der Waals surface area contributed by atoms with Gasteiger partial charge >= 0.3 is 0 Å². The molecule has 0 aliphatic carbocycles. The zero-order valence-corrected chi connectivity index (χ0v) is 15.1. The van der Waals surface area contributed by atoms with Crippen LogP contribution in [0.1, 0.15) is 6.42 Å². The van der Waals surface area contributed by atoms with Crippen LogP contribution in [0.4, 0.5) is 0 Å². The van der Waals surface area contributed by atoms with E-state index in [1.54, 1.807) is 12.1 Å². The zero-order valence-electron chi connectivity index (χ0n) is 10.3. The maximum absolute atomic E-state index is 12.2. The molecule has 1 heterocycles. The van der Waals surface area contributed by atoms with E-state index < -0.39 is 19.9 Å². The molecular formula is C11H13Br2NO4S2. The summed E-state index contributed by atoms with van der Waals surface area (Å²) in [7, 11) is -6.64. The normalized spacial score (nSPS) is 22.0. The predicted octanol–water partition coefficient (Wildman–Crippen LogP) is 1.92. The fourth-order valence-electron chi connectivity index (χ4n) is 2.03. The monoisotopic (exact) mass is 445 g/mol. The highest BCUT2D eigenvalue weighted by atomic mass is 79.9. The lowest BCUT2D eigenvalue weighted by atomic mass is 10.1. The quantitative estimate of drug-likeness (QED) is 0.766. The molecule has 0 spiro atoms. The van der Waals surface area contributed by atoms with E-state index in [4.69, 9.17) is 0 Å². The maximum Gasteiger partial charge on any atom is 0.241 e. The Labute approximate surface area is 135 Å². The molecule has 0 saturated carbocycles. The van der Waals surface area contributed by atoms with Gasteiger partial charge in [0.1, 0.15) is 0 Å². The topological polar surface area (TPSA) is 80.3 Å². The fourth-order valence-corrected chi connectivity index (χ4v) is 6.75. The van der Waals surface area contributed by atoms with E-state index in [-0.39, 0.29) is 28.9 Å². The Morgan fingerprint density at radius 2 is 2.00 bits per heavy atom. The molecule has 112 valence electrons. The van der Waals surface area contributed by atoms with E-state index in [1.165, 1.54) is 6.07 Å². The van der Waals surface area contributed by atoms with Crippen LogP contribution in [0.25, 0.3) is 0 Å². The van der Waals surface area contributed by atoms with Crippen LogP contribution in [-0.2, 0) is 19.9 Å². The van der Waals surface area contributed by atoms with Gasteiger partial charge in [-0.3, -0.25) is 0 Å². The summed E-state index contributed by atoms with van der Waals surface area (Å²) in [4.78, 5) is 0.140. The first-order chi connectivity index (χ1) is 9.20. The van der Waals surface area contributed by atoms with Crippen LogP contribution in [0.3, 0.4) is 0 Å². The van der Waals surface area contributed by atoms with Gasteiger partial charge < -0.3 is 0 Å². The van der Waals surface area contributed by atoms with Crippen molar-refractivity contribution in [2.75, 3.05) is 18.1 Å². The average Bonchev–Trinajstić information content (AvgIpc) is 2.66. The van der Waals surface area contributed by atoms with Crippen molar-refractivity contribution in [1.29, 1.82) is 0 Å². The standard InChI is InChI=1S/C11H13Br2NO4S2/c12-9-1-2-11(10(13)5-9)20(17,18)14-6-8-3-4-19(15,16)7-8/h1-2,5,8,14H,3-4,6-7H2/t8-/m1/s1. The highest BCUT2D eigenvalue weighted by Gasteiger charge is 2.29. The average molecular weight is 447 g/mol. The van der Waals surface area contributed by atoms with Crippen LogP contribution in [0.2, 0.25) is 0 Å². The fraction of sp³-hybridized carbons (Fsp3) is 0.455. The van der Waals surface area contributed by atoms with Gasteiger partial charge in [0.25, 0.3) is 0 Å². The molecule has 1 aliphatic heterocycles. The molecule has 0 bridgehead atoms. The van der Waals surface area contributed by atoms with Crippen LogP contribution in [0.5, 0.6) is 0 Å². The summed E-state index contributed by atoms with van der Waals surface area (Å²) >= 11 is 6.47. The number of hydrogen-bond acceptors (Lipinski definition) is 4. The summed E-state index contributed by atoms with van der Waals surface area (Å²) in [6, 6.07) is 4.77. The molecule has 2 rings (SSSR count). The molecular weight excluding hydrogens is 434 g/mol. The van der Waals surface area contributed by atoms with E-state index in [0.717, 1.165) is 4.47 Å². The number of sulfone groups is 1. The zero-order chi connectivity index (χ0) is 15.0. The van der Waals surface area contributed by atoms with E-state index in [1.807, 2.05) is 0 Å². The lowest BCUT2D eigenvalue weighted by molar-refractivity contribution is 0.543. The van der Waals surface area contributed by atoms with Crippen molar-refractivity contribution in [2.24, 2.45) is 5.92 Å². The van der Waals surface area contributed by atoms with Gasteiger partial charge in [-0.15, -0.1) is 0 Å². The van der Waals surface area contributed by atoms with Crippen LogP contribution in [0.15, 0.2) is 32.0 Å². The molecule has 1 aromatic carbocycles. The van der Waals surface area contributed by atoms with Crippen molar-refractivity contribution in [3.05, 3.63) is 27.1 Å². The number of rotatable bonds is 4. The molecule has 1 saturated heterocycles. The highest BCUT2D eigenvalue weighted by Crippen LogP contribution is 2.26. The van der Waals surface area contributed by atoms with Gasteiger partial charge in [0.2, 0.25) is 10.0 Å². The first-order valence-electron chi connectivity index (χ1n) is 5.85. The van der Waals surface area contributed by atoms with Gasteiger partial charge in [-0.25, -0.2) is 21.6 Å². The third-order valence-corrected chi connectivity index (χ3v) is 7.80. The Hall–Kier alpha value is 0.0400. The van der Waals surface area contributed by atoms with Gasteiger partial charge in [-0.05, 0) is 46.5 Å². The smallest absolute Gasteiger partial charge is 0.229 e. The summed E-state index contributed by atoms with van der Waals surface area (Å²) in [5.41, 5.74) is 0. The van der Waals surface area contributed by atoms with Crippen LogP contribution < -0.4 is 4.72 Å². The molecule has 20 heavy (non-hydrogen) atoms. The number of nitrogens with one attached hydrogen (secondary N) is 1. The second-order valence-electron chi connectivity index (χ2n) is 4.70. The van der Waals surface area contributed by atoms with Crippen molar-refractivity contribution in [3.63, 3.8) is 0 Å². The van der Waals surface area contributed by atoms with Gasteiger partial charge in [0, 0.05) is 15.5 Å². The lowest BCUT2D eigenvalue weighted by Gasteiger charge is -2.11. The Bertz CT molecular complexity index is 716. The lowest BCUT2D eigenvalue weighted by Crippen LogP contribution is -2.30. The Balaban J connectivity index is 2.08. The van der Waals surface area contributed by atoms with Gasteiger partial charge in [0.05, 0.1) is 16.4 Å². The molecule has 0 unspecified atom stereocenters. The third kappa shape index (κ3) is 4.03. The summed E-state index contributed by atoms with van der Waals surface area (Å²) in [5, 5.41) is 0. The van der Waals surface area contributed by atoms with Crippen molar-refractivity contribution < 1.29 is 16.8 Å². The minimum absolute atomic E-state index is 0.0526. The summed E-state index contributed by atoms with van der Waals surface area (Å²) < 4.78 is 50.7. The molecule has 0 amide bonds. The third-order valence-electron chi connectivity index (χ3n) is 3.07. The van der Waals surface area contributed by atoms with E-state index in [0.29, 0.717) is 10.9 Å².